The number of anilines is 1. The van der Waals surface area contributed by atoms with Gasteiger partial charge in [0.1, 0.15) is 11.9 Å². The molecule has 1 fully saturated rings. The van der Waals surface area contributed by atoms with Gasteiger partial charge < -0.3 is 4.90 Å². The van der Waals surface area contributed by atoms with Crippen LogP contribution in [0.5, 0.6) is 0 Å². The minimum atomic E-state index is -0.951. The molecule has 0 N–H and O–H groups in total. The molecule has 5 nitrogen and oxygen atoms in total. The Morgan fingerprint density at radius 2 is 1.80 bits per heavy atom. The van der Waals surface area contributed by atoms with Crippen molar-refractivity contribution in [3.63, 3.8) is 0 Å². The van der Waals surface area contributed by atoms with E-state index in [1.807, 2.05) is 17.5 Å². The summed E-state index contributed by atoms with van der Waals surface area (Å²) in [6.07, 6.45) is -0.125. The molecule has 8 heteroatoms. The lowest BCUT2D eigenvalue weighted by molar-refractivity contribution is -0.122. The number of hydrogen-bond donors (Lipinski definition) is 0. The first kappa shape index (κ1) is 20.3. The van der Waals surface area contributed by atoms with Crippen LogP contribution in [0.25, 0.3) is 0 Å². The third-order valence-corrected chi connectivity index (χ3v) is 5.96. The smallest absolute Gasteiger partial charge is 0.257 e. The molecule has 30 heavy (non-hydrogen) atoms. The average Bonchev–Trinajstić information content (AvgIpc) is 3.35. The van der Waals surface area contributed by atoms with Crippen LogP contribution >= 0.6 is 22.9 Å². The molecule has 1 aliphatic rings. The number of benzene rings is 2. The lowest BCUT2D eigenvalue weighted by Crippen LogP contribution is -2.45. The summed E-state index contributed by atoms with van der Waals surface area (Å²) < 4.78 is 13.3. The van der Waals surface area contributed by atoms with Crippen molar-refractivity contribution in [2.24, 2.45) is 0 Å². The van der Waals surface area contributed by atoms with E-state index in [-0.39, 0.29) is 18.5 Å². The minimum Gasteiger partial charge on any atom is -0.321 e. The van der Waals surface area contributed by atoms with E-state index in [1.54, 1.807) is 24.3 Å². The highest BCUT2D eigenvalue weighted by Crippen LogP contribution is 2.29. The zero-order chi connectivity index (χ0) is 21.3. The van der Waals surface area contributed by atoms with Gasteiger partial charge in [-0.2, -0.15) is 0 Å². The van der Waals surface area contributed by atoms with Crippen LogP contribution in [0.4, 0.5) is 10.1 Å². The summed E-state index contributed by atoms with van der Waals surface area (Å²) in [5.74, 6) is -1.77. The molecule has 3 amide bonds. The zero-order valence-corrected chi connectivity index (χ0v) is 17.2. The molecule has 1 unspecified atom stereocenters. The predicted molar refractivity (Wildman–Crippen MR) is 113 cm³/mol. The van der Waals surface area contributed by atoms with E-state index in [2.05, 4.69) is 0 Å². The number of thiophene rings is 1. The number of nitrogens with zero attached hydrogens (tertiary/aromatic N) is 2. The predicted octanol–water partition coefficient (Wildman–Crippen LogP) is 4.52. The highest BCUT2D eigenvalue weighted by atomic mass is 35.5. The van der Waals surface area contributed by atoms with Crippen LogP contribution in [-0.2, 0) is 16.1 Å². The van der Waals surface area contributed by atoms with E-state index >= 15 is 0 Å². The maximum absolute atomic E-state index is 13.3. The molecule has 0 bridgehead atoms. The summed E-state index contributed by atoms with van der Waals surface area (Å²) in [5, 5.41) is 2.36. The summed E-state index contributed by atoms with van der Waals surface area (Å²) >= 11 is 7.35. The van der Waals surface area contributed by atoms with Gasteiger partial charge in [-0.3, -0.25) is 14.4 Å². The molecule has 0 radical (unpaired) electrons. The molecular weight excluding hydrogens is 427 g/mol. The van der Waals surface area contributed by atoms with Crippen molar-refractivity contribution >= 4 is 46.3 Å². The van der Waals surface area contributed by atoms with E-state index in [9.17, 15) is 18.8 Å². The Morgan fingerprint density at radius 1 is 1.10 bits per heavy atom. The Morgan fingerprint density at radius 3 is 2.43 bits per heavy atom. The Hall–Kier alpha value is -3.03. The van der Waals surface area contributed by atoms with Crippen molar-refractivity contribution in [1.82, 2.24) is 4.90 Å². The minimum absolute atomic E-state index is 0.125. The first-order chi connectivity index (χ1) is 14.4. The van der Waals surface area contributed by atoms with Crippen LogP contribution in [0.1, 0.15) is 21.7 Å². The molecule has 4 rings (SSSR count). The Balaban J connectivity index is 1.67. The standard InChI is InChI=1S/C22H16ClFN2O3S/c23-15-5-9-17(10-6-15)26-20(27)12-19(22(26)29)25(13-18-2-1-11-30-18)21(28)14-3-7-16(24)8-4-14/h1-11,19H,12-13H2. The Labute approximate surface area is 181 Å². The zero-order valence-electron chi connectivity index (χ0n) is 15.6. The van der Waals surface area contributed by atoms with Crippen LogP contribution < -0.4 is 4.90 Å². The second kappa shape index (κ2) is 8.38. The molecule has 1 aliphatic heterocycles. The fourth-order valence-corrected chi connectivity index (χ4v) is 4.20. The maximum Gasteiger partial charge on any atom is 0.257 e. The number of amides is 3. The molecule has 1 atom stereocenters. The Bertz CT molecular complexity index is 1080. The van der Waals surface area contributed by atoms with Gasteiger partial charge in [-0.1, -0.05) is 17.7 Å². The number of carbonyl (C=O) groups excluding carboxylic acids is 3. The summed E-state index contributed by atoms with van der Waals surface area (Å²) in [6, 6.07) is 14.3. The van der Waals surface area contributed by atoms with Crippen LogP contribution in [0.3, 0.4) is 0 Å². The van der Waals surface area contributed by atoms with E-state index in [4.69, 9.17) is 11.6 Å². The van der Waals surface area contributed by atoms with Gasteiger partial charge >= 0.3 is 0 Å². The van der Waals surface area contributed by atoms with E-state index in [0.717, 1.165) is 9.78 Å². The fourth-order valence-electron chi connectivity index (χ4n) is 3.37. The van der Waals surface area contributed by atoms with E-state index < -0.39 is 29.6 Å². The molecule has 1 saturated heterocycles. The quantitative estimate of drug-likeness (QED) is 0.546. The third-order valence-electron chi connectivity index (χ3n) is 4.84. The average molecular weight is 443 g/mol. The molecule has 1 aromatic heterocycles. The molecule has 0 spiro atoms. The van der Waals surface area contributed by atoms with Gasteiger partial charge in [0, 0.05) is 15.5 Å². The topological polar surface area (TPSA) is 57.7 Å². The molecule has 0 aliphatic carbocycles. The van der Waals surface area contributed by atoms with Gasteiger partial charge in [0.2, 0.25) is 5.91 Å². The lowest BCUT2D eigenvalue weighted by atomic mass is 10.1. The largest absolute Gasteiger partial charge is 0.321 e. The molecule has 2 aromatic carbocycles. The summed E-state index contributed by atoms with van der Waals surface area (Å²) in [6.45, 7) is 0.173. The first-order valence-corrected chi connectivity index (χ1v) is 10.4. The van der Waals surface area contributed by atoms with Gasteiger partial charge in [0.15, 0.2) is 0 Å². The van der Waals surface area contributed by atoms with Gasteiger partial charge in [-0.15, -0.1) is 11.3 Å². The van der Waals surface area contributed by atoms with Crippen molar-refractivity contribution in [3.8, 4) is 0 Å². The van der Waals surface area contributed by atoms with Crippen LogP contribution in [0.2, 0.25) is 5.02 Å². The molecule has 2 heterocycles. The SMILES string of the molecule is O=C1CC(N(Cc2cccs2)C(=O)c2ccc(F)cc2)C(=O)N1c1ccc(Cl)cc1. The van der Waals surface area contributed by atoms with Gasteiger partial charge in [-0.25, -0.2) is 9.29 Å². The van der Waals surface area contributed by atoms with Crippen LogP contribution in [0, 0.1) is 5.82 Å². The van der Waals surface area contributed by atoms with Crippen molar-refractivity contribution in [1.29, 1.82) is 0 Å². The summed E-state index contributed by atoms with van der Waals surface area (Å²) in [7, 11) is 0. The Kier molecular flexibility index (Phi) is 5.65. The summed E-state index contributed by atoms with van der Waals surface area (Å²) in [5.41, 5.74) is 0.653. The second-order valence-corrected chi connectivity index (χ2v) is 8.25. The third kappa shape index (κ3) is 3.99. The lowest BCUT2D eigenvalue weighted by Gasteiger charge is -2.27. The number of hydrogen-bond acceptors (Lipinski definition) is 4. The van der Waals surface area contributed by atoms with Crippen molar-refractivity contribution in [3.05, 3.63) is 87.3 Å². The van der Waals surface area contributed by atoms with Gasteiger partial charge in [0.25, 0.3) is 11.8 Å². The number of imide groups is 1. The van der Waals surface area contributed by atoms with E-state index in [1.165, 1.54) is 40.5 Å². The van der Waals surface area contributed by atoms with Crippen molar-refractivity contribution in [2.75, 3.05) is 4.90 Å². The molecular formula is C22H16ClFN2O3S. The van der Waals surface area contributed by atoms with Crippen molar-refractivity contribution in [2.45, 2.75) is 19.0 Å². The van der Waals surface area contributed by atoms with Crippen molar-refractivity contribution < 1.29 is 18.8 Å². The second-order valence-electron chi connectivity index (χ2n) is 6.78. The molecule has 0 saturated carbocycles. The molecule has 3 aromatic rings. The number of halogens is 2. The normalized spacial score (nSPS) is 16.2. The van der Waals surface area contributed by atoms with Gasteiger partial charge in [0.05, 0.1) is 18.7 Å². The highest BCUT2D eigenvalue weighted by molar-refractivity contribution is 7.09. The summed E-state index contributed by atoms with van der Waals surface area (Å²) in [4.78, 5) is 42.4. The monoisotopic (exact) mass is 442 g/mol. The maximum atomic E-state index is 13.3. The van der Waals surface area contributed by atoms with E-state index in [0.29, 0.717) is 10.7 Å². The number of rotatable bonds is 5. The van der Waals surface area contributed by atoms with Crippen LogP contribution in [0.15, 0.2) is 66.0 Å². The first-order valence-electron chi connectivity index (χ1n) is 9.15. The highest BCUT2D eigenvalue weighted by Gasteiger charge is 2.44. The molecule has 152 valence electrons. The van der Waals surface area contributed by atoms with Gasteiger partial charge in [-0.05, 0) is 60.0 Å². The number of carbonyl (C=O) groups is 3. The fraction of sp³-hybridized carbons (Fsp3) is 0.136. The van der Waals surface area contributed by atoms with Crippen LogP contribution in [-0.4, -0.2) is 28.7 Å².